The molecule has 2 rings (SSSR count). The van der Waals surface area contributed by atoms with Crippen LogP contribution in [-0.4, -0.2) is 4.98 Å². The summed E-state index contributed by atoms with van der Waals surface area (Å²) >= 11 is 7.59. The average molecular weight is 265 g/mol. The van der Waals surface area contributed by atoms with Crippen molar-refractivity contribution in [3.63, 3.8) is 0 Å². The van der Waals surface area contributed by atoms with Crippen LogP contribution in [0.3, 0.4) is 0 Å². The first-order chi connectivity index (χ1) is 8.29. The lowest BCUT2D eigenvalue weighted by molar-refractivity contribution is 0.797. The smallest absolute Gasteiger partial charge is 0.183 e. The number of rotatable bonds is 5. The molecule has 0 fully saturated rings. The van der Waals surface area contributed by atoms with E-state index in [1.54, 1.807) is 17.5 Å². The van der Waals surface area contributed by atoms with Crippen LogP contribution < -0.4 is 5.32 Å². The largest absolute Gasteiger partial charge is 0.354 e. The van der Waals surface area contributed by atoms with E-state index in [1.165, 1.54) is 0 Å². The minimum absolute atomic E-state index is 0.164. The van der Waals surface area contributed by atoms with Gasteiger partial charge in [0.1, 0.15) is 0 Å². The molecule has 2 aromatic rings. The van der Waals surface area contributed by atoms with Crippen molar-refractivity contribution in [2.24, 2.45) is 0 Å². The summed E-state index contributed by atoms with van der Waals surface area (Å²) in [5.41, 5.74) is 1.15. The van der Waals surface area contributed by atoms with Gasteiger partial charge in [-0.15, -0.1) is 17.9 Å². The van der Waals surface area contributed by atoms with Gasteiger partial charge < -0.3 is 5.32 Å². The first-order valence-corrected chi connectivity index (χ1v) is 6.58. The van der Waals surface area contributed by atoms with E-state index in [9.17, 15) is 0 Å². The Bertz CT molecular complexity index is 482. The second kappa shape index (κ2) is 5.84. The summed E-state index contributed by atoms with van der Waals surface area (Å²) in [4.78, 5) is 4.23. The average Bonchev–Trinajstić information content (AvgIpc) is 2.81. The predicted octanol–water partition coefficient (Wildman–Crippen LogP) is 4.53. The molecule has 17 heavy (non-hydrogen) atoms. The zero-order chi connectivity index (χ0) is 12.1. The van der Waals surface area contributed by atoms with Crippen molar-refractivity contribution < 1.29 is 0 Å². The molecule has 4 heteroatoms. The Balaban J connectivity index is 2.19. The Morgan fingerprint density at radius 3 is 3.06 bits per heavy atom. The van der Waals surface area contributed by atoms with Gasteiger partial charge >= 0.3 is 0 Å². The highest BCUT2D eigenvalue weighted by atomic mass is 35.5. The Morgan fingerprint density at radius 2 is 2.41 bits per heavy atom. The van der Waals surface area contributed by atoms with Gasteiger partial charge in [0.25, 0.3) is 0 Å². The molecule has 1 atom stereocenters. The monoisotopic (exact) mass is 264 g/mol. The molecule has 0 bridgehead atoms. The molecule has 0 aliphatic heterocycles. The molecule has 88 valence electrons. The molecular formula is C13H13ClN2S. The fraction of sp³-hybridized carbons (Fsp3) is 0.154. The van der Waals surface area contributed by atoms with Gasteiger partial charge in [0.2, 0.25) is 0 Å². The van der Waals surface area contributed by atoms with Gasteiger partial charge in [-0.3, -0.25) is 0 Å². The fourth-order valence-corrected chi connectivity index (χ4v) is 2.39. The standard InChI is InChI=1S/C13H13ClN2S/c1-2-4-12(16-13-15-7-8-17-13)10-5-3-6-11(14)9-10/h2-3,5-9,12H,1,4H2,(H,15,16). The molecule has 0 aliphatic rings. The molecule has 0 saturated carbocycles. The van der Waals surface area contributed by atoms with Crippen molar-refractivity contribution in [1.29, 1.82) is 0 Å². The summed E-state index contributed by atoms with van der Waals surface area (Å²) in [6.07, 6.45) is 4.52. The topological polar surface area (TPSA) is 24.9 Å². The van der Waals surface area contributed by atoms with Crippen molar-refractivity contribution in [3.05, 3.63) is 59.1 Å². The highest BCUT2D eigenvalue weighted by molar-refractivity contribution is 7.13. The van der Waals surface area contributed by atoms with E-state index in [-0.39, 0.29) is 6.04 Å². The third kappa shape index (κ3) is 3.32. The van der Waals surface area contributed by atoms with Crippen molar-refractivity contribution in [2.45, 2.75) is 12.5 Å². The summed E-state index contributed by atoms with van der Waals surface area (Å²) < 4.78 is 0. The van der Waals surface area contributed by atoms with Crippen LogP contribution in [0.4, 0.5) is 5.13 Å². The van der Waals surface area contributed by atoms with Crippen LogP contribution in [-0.2, 0) is 0 Å². The Morgan fingerprint density at radius 1 is 1.53 bits per heavy atom. The molecule has 2 nitrogen and oxygen atoms in total. The number of hydrogen-bond acceptors (Lipinski definition) is 3. The van der Waals surface area contributed by atoms with Crippen molar-refractivity contribution in [3.8, 4) is 0 Å². The number of thiazole rings is 1. The molecule has 0 radical (unpaired) electrons. The maximum atomic E-state index is 6.00. The van der Waals surface area contributed by atoms with Gasteiger partial charge in [-0.25, -0.2) is 4.98 Å². The van der Waals surface area contributed by atoms with Crippen LogP contribution in [0.1, 0.15) is 18.0 Å². The van der Waals surface area contributed by atoms with Gasteiger partial charge in [-0.05, 0) is 24.1 Å². The molecule has 0 saturated heterocycles. The molecule has 0 spiro atoms. The van der Waals surface area contributed by atoms with Crippen LogP contribution in [0, 0.1) is 0 Å². The lowest BCUT2D eigenvalue weighted by atomic mass is 10.0. The summed E-state index contributed by atoms with van der Waals surface area (Å²) in [5.74, 6) is 0. The third-order valence-electron chi connectivity index (χ3n) is 2.38. The molecule has 1 aromatic carbocycles. The van der Waals surface area contributed by atoms with Crippen LogP contribution in [0.2, 0.25) is 5.02 Å². The summed E-state index contributed by atoms with van der Waals surface area (Å²) in [5, 5.41) is 6.99. The van der Waals surface area contributed by atoms with Gasteiger partial charge in [-0.2, -0.15) is 0 Å². The first kappa shape index (κ1) is 12.1. The van der Waals surface area contributed by atoms with Crippen molar-refractivity contribution in [2.75, 3.05) is 5.32 Å². The van der Waals surface area contributed by atoms with E-state index in [0.717, 1.165) is 22.1 Å². The van der Waals surface area contributed by atoms with Crippen LogP contribution in [0.25, 0.3) is 0 Å². The predicted molar refractivity (Wildman–Crippen MR) is 74.7 cm³/mol. The van der Waals surface area contributed by atoms with E-state index >= 15 is 0 Å². The lowest BCUT2D eigenvalue weighted by Crippen LogP contribution is -2.09. The highest BCUT2D eigenvalue weighted by Gasteiger charge is 2.11. The number of aromatic nitrogens is 1. The van der Waals surface area contributed by atoms with Crippen molar-refractivity contribution in [1.82, 2.24) is 4.98 Å². The second-order valence-electron chi connectivity index (χ2n) is 3.61. The highest BCUT2D eigenvalue weighted by Crippen LogP contribution is 2.25. The molecule has 1 N–H and O–H groups in total. The van der Waals surface area contributed by atoms with E-state index in [2.05, 4.69) is 22.9 Å². The van der Waals surface area contributed by atoms with Gasteiger partial charge in [0, 0.05) is 16.6 Å². The molecule has 1 aromatic heterocycles. The zero-order valence-electron chi connectivity index (χ0n) is 9.27. The zero-order valence-corrected chi connectivity index (χ0v) is 10.8. The first-order valence-electron chi connectivity index (χ1n) is 5.32. The maximum Gasteiger partial charge on any atom is 0.183 e. The summed E-state index contributed by atoms with van der Waals surface area (Å²) in [7, 11) is 0. The Kier molecular flexibility index (Phi) is 4.18. The summed E-state index contributed by atoms with van der Waals surface area (Å²) in [6, 6.07) is 8.02. The fourth-order valence-electron chi connectivity index (χ4n) is 1.61. The van der Waals surface area contributed by atoms with Crippen LogP contribution in [0.15, 0.2) is 48.5 Å². The van der Waals surface area contributed by atoms with E-state index in [1.807, 2.05) is 29.7 Å². The van der Waals surface area contributed by atoms with Crippen molar-refractivity contribution >= 4 is 28.1 Å². The number of benzene rings is 1. The number of halogens is 1. The minimum Gasteiger partial charge on any atom is -0.354 e. The van der Waals surface area contributed by atoms with E-state index < -0.39 is 0 Å². The normalized spacial score (nSPS) is 12.1. The maximum absolute atomic E-state index is 6.00. The van der Waals surface area contributed by atoms with Gasteiger partial charge in [0.15, 0.2) is 5.13 Å². The SMILES string of the molecule is C=CCC(Nc1nccs1)c1cccc(Cl)c1. The second-order valence-corrected chi connectivity index (χ2v) is 4.94. The number of hydrogen-bond donors (Lipinski definition) is 1. The quantitative estimate of drug-likeness (QED) is 0.803. The van der Waals surface area contributed by atoms with Crippen LogP contribution >= 0.6 is 22.9 Å². The van der Waals surface area contributed by atoms with Gasteiger partial charge in [0.05, 0.1) is 6.04 Å². The van der Waals surface area contributed by atoms with Gasteiger partial charge in [-0.1, -0.05) is 29.8 Å². The molecule has 0 amide bonds. The molecule has 1 heterocycles. The number of nitrogens with zero attached hydrogens (tertiary/aromatic N) is 1. The van der Waals surface area contributed by atoms with E-state index in [0.29, 0.717) is 0 Å². The third-order valence-corrected chi connectivity index (χ3v) is 3.32. The minimum atomic E-state index is 0.164. The summed E-state index contributed by atoms with van der Waals surface area (Å²) in [6.45, 7) is 3.79. The van der Waals surface area contributed by atoms with E-state index in [4.69, 9.17) is 11.6 Å². The Hall–Kier alpha value is -1.32. The Labute approximate surface area is 110 Å². The number of anilines is 1. The molecule has 1 unspecified atom stereocenters. The lowest BCUT2D eigenvalue weighted by Gasteiger charge is -2.17. The van der Waals surface area contributed by atoms with Crippen LogP contribution in [0.5, 0.6) is 0 Å². The molecular weight excluding hydrogens is 252 g/mol. The molecule has 0 aliphatic carbocycles. The number of nitrogens with one attached hydrogen (secondary N) is 1.